The highest BCUT2D eigenvalue weighted by Gasteiger charge is 2.53. The van der Waals surface area contributed by atoms with E-state index in [1.165, 1.54) is 3.97 Å². The SMILES string of the molecule is CN1C(=O)C2(CCN(C(=O)OC(C)(C)C)CC2)c2c1cnc1c2c(-c2ccc3c(cnn3C)c2)cn1S(=O)(=O)c1ccccc1. The summed E-state index contributed by atoms with van der Waals surface area (Å²) >= 11 is 0. The van der Waals surface area contributed by atoms with Crippen LogP contribution >= 0.6 is 0 Å². The van der Waals surface area contributed by atoms with Gasteiger partial charge in [-0.25, -0.2) is 22.2 Å². The first-order valence-electron chi connectivity index (χ1n) is 14.9. The lowest BCUT2D eigenvalue weighted by molar-refractivity contribution is -0.124. The van der Waals surface area contributed by atoms with Crippen molar-refractivity contribution >= 4 is 49.6 Å². The van der Waals surface area contributed by atoms with Gasteiger partial charge in [-0.1, -0.05) is 24.3 Å². The number of fused-ring (bicyclic) bond motifs is 5. The summed E-state index contributed by atoms with van der Waals surface area (Å²) in [5.74, 6) is -0.0945. The van der Waals surface area contributed by atoms with Crippen LogP contribution in [0.5, 0.6) is 0 Å². The molecule has 0 aliphatic carbocycles. The van der Waals surface area contributed by atoms with E-state index in [9.17, 15) is 18.0 Å². The smallest absolute Gasteiger partial charge is 0.410 e. The van der Waals surface area contributed by atoms with Crippen molar-refractivity contribution < 1.29 is 22.7 Å². The van der Waals surface area contributed by atoms with Crippen LogP contribution in [-0.4, -0.2) is 69.8 Å². The molecular formula is C33H34N6O5S. The second-order valence-electron chi connectivity index (χ2n) is 12.8. The fourth-order valence-corrected chi connectivity index (χ4v) is 8.07. The highest BCUT2D eigenvalue weighted by Crippen LogP contribution is 2.52. The van der Waals surface area contributed by atoms with E-state index in [0.29, 0.717) is 42.6 Å². The summed E-state index contributed by atoms with van der Waals surface area (Å²) in [6, 6.07) is 14.1. The number of likely N-dealkylation sites (N-methyl/N-ethyl adjacent to an activating group) is 1. The largest absolute Gasteiger partial charge is 0.444 e. The molecule has 2 aromatic carbocycles. The van der Waals surface area contributed by atoms with Gasteiger partial charge in [-0.05, 0) is 63.4 Å². The summed E-state index contributed by atoms with van der Waals surface area (Å²) in [7, 11) is -0.454. The number of aromatic nitrogens is 4. The number of ether oxygens (including phenoxy) is 1. The van der Waals surface area contributed by atoms with E-state index in [1.54, 1.807) is 70.5 Å². The number of aryl methyl sites for hydroxylation is 1. The van der Waals surface area contributed by atoms with Gasteiger partial charge in [0.1, 0.15) is 5.60 Å². The molecular weight excluding hydrogens is 592 g/mol. The summed E-state index contributed by atoms with van der Waals surface area (Å²) in [6.45, 7) is 6.11. The third-order valence-electron chi connectivity index (χ3n) is 8.94. The fourth-order valence-electron chi connectivity index (χ4n) is 6.73. The second-order valence-corrected chi connectivity index (χ2v) is 14.6. The van der Waals surface area contributed by atoms with E-state index in [2.05, 4.69) is 5.10 Å². The molecule has 232 valence electrons. The van der Waals surface area contributed by atoms with Crippen molar-refractivity contribution in [2.45, 2.75) is 49.5 Å². The minimum Gasteiger partial charge on any atom is -0.444 e. The van der Waals surface area contributed by atoms with Crippen molar-refractivity contribution in [3.8, 4) is 11.1 Å². The molecule has 0 bridgehead atoms. The Bertz CT molecular complexity index is 2120. The van der Waals surface area contributed by atoms with Crippen LogP contribution < -0.4 is 4.90 Å². The zero-order valence-corrected chi connectivity index (χ0v) is 26.6. The van der Waals surface area contributed by atoms with Crippen molar-refractivity contribution in [1.29, 1.82) is 0 Å². The molecule has 2 aliphatic rings. The van der Waals surface area contributed by atoms with Gasteiger partial charge in [-0.15, -0.1) is 0 Å². The van der Waals surface area contributed by atoms with E-state index in [0.717, 1.165) is 22.0 Å². The monoisotopic (exact) mass is 626 g/mol. The summed E-state index contributed by atoms with van der Waals surface area (Å²) in [4.78, 5) is 35.2. The van der Waals surface area contributed by atoms with Gasteiger partial charge in [0.25, 0.3) is 10.0 Å². The Hall–Kier alpha value is -4.71. The molecule has 3 aromatic heterocycles. The van der Waals surface area contributed by atoms with Crippen molar-refractivity contribution in [2.75, 3.05) is 25.0 Å². The standard InChI is InChI=1S/C33H34N6O5S/c1-32(2,3)44-31(41)38-15-13-33(14-16-38)28-26(36(4)30(33)40)19-34-29-27(28)24(21-11-12-25-22(17-21)18-35-37(25)5)20-39(29)45(42,43)23-9-7-6-8-10-23/h6-12,17-20H,13-16H2,1-5H3. The molecule has 7 rings (SSSR count). The summed E-state index contributed by atoms with van der Waals surface area (Å²) in [6.07, 6.45) is 5.28. The molecule has 0 N–H and O–H groups in total. The summed E-state index contributed by atoms with van der Waals surface area (Å²) in [5, 5.41) is 5.88. The lowest BCUT2D eigenvalue weighted by Crippen LogP contribution is -2.50. The van der Waals surface area contributed by atoms with Gasteiger partial charge in [0.2, 0.25) is 5.91 Å². The Balaban J connectivity index is 1.45. The number of rotatable bonds is 3. The topological polar surface area (TPSA) is 120 Å². The number of benzene rings is 2. The Morgan fingerprint density at radius 2 is 1.71 bits per heavy atom. The number of hydrogen-bond acceptors (Lipinski definition) is 7. The predicted octanol–water partition coefficient (Wildman–Crippen LogP) is 5.07. The highest BCUT2D eigenvalue weighted by molar-refractivity contribution is 7.90. The van der Waals surface area contributed by atoms with E-state index >= 15 is 0 Å². The zero-order chi connectivity index (χ0) is 31.9. The first-order chi connectivity index (χ1) is 21.3. The minimum atomic E-state index is -4.05. The van der Waals surface area contributed by atoms with Gasteiger partial charge in [0.05, 0.1) is 33.9 Å². The zero-order valence-electron chi connectivity index (χ0n) is 25.8. The molecule has 12 heteroatoms. The number of pyridine rings is 1. The molecule has 5 aromatic rings. The quantitative estimate of drug-likeness (QED) is 0.274. The van der Waals surface area contributed by atoms with Crippen molar-refractivity contribution in [1.82, 2.24) is 23.6 Å². The van der Waals surface area contributed by atoms with Crippen LogP contribution in [0.1, 0.15) is 39.2 Å². The molecule has 0 atom stereocenters. The third-order valence-corrected chi connectivity index (χ3v) is 10.6. The van der Waals surface area contributed by atoms with Crippen molar-refractivity contribution in [3.63, 3.8) is 0 Å². The van der Waals surface area contributed by atoms with Crippen LogP contribution in [0.4, 0.5) is 10.5 Å². The Morgan fingerprint density at radius 3 is 2.40 bits per heavy atom. The van der Waals surface area contributed by atoms with Crippen LogP contribution in [0, 0.1) is 0 Å². The van der Waals surface area contributed by atoms with Crippen LogP contribution in [0.3, 0.4) is 0 Å². The van der Waals surface area contributed by atoms with E-state index in [4.69, 9.17) is 9.72 Å². The van der Waals surface area contributed by atoms with E-state index < -0.39 is 27.1 Å². The van der Waals surface area contributed by atoms with Gasteiger partial charge >= 0.3 is 6.09 Å². The molecule has 11 nitrogen and oxygen atoms in total. The maximum absolute atomic E-state index is 14.2. The molecule has 1 spiro atoms. The third kappa shape index (κ3) is 4.41. The van der Waals surface area contributed by atoms with Gasteiger partial charge in [-0.3, -0.25) is 9.48 Å². The lowest BCUT2D eigenvalue weighted by Gasteiger charge is -2.39. The molecule has 2 amide bonds. The number of carbonyl (C=O) groups is 2. The van der Waals surface area contributed by atoms with Gasteiger partial charge in [0.15, 0.2) is 5.65 Å². The molecule has 0 unspecified atom stereocenters. The Morgan fingerprint density at radius 1 is 1.00 bits per heavy atom. The lowest BCUT2D eigenvalue weighted by atomic mass is 9.72. The number of amides is 2. The molecule has 1 fully saturated rings. The number of hydrogen-bond donors (Lipinski definition) is 0. The normalized spacial score (nSPS) is 16.6. The second kappa shape index (κ2) is 9.90. The Labute approximate surface area is 261 Å². The van der Waals surface area contributed by atoms with Crippen LogP contribution in [0.25, 0.3) is 33.1 Å². The van der Waals surface area contributed by atoms with Crippen LogP contribution in [-0.2, 0) is 32.0 Å². The molecule has 0 saturated carbocycles. The predicted molar refractivity (Wildman–Crippen MR) is 171 cm³/mol. The summed E-state index contributed by atoms with van der Waals surface area (Å²) < 4.78 is 36.8. The Kier molecular flexibility index (Phi) is 6.38. The number of piperidine rings is 1. The molecule has 5 heterocycles. The highest BCUT2D eigenvalue weighted by atomic mass is 32.2. The maximum Gasteiger partial charge on any atom is 0.410 e. The molecule has 2 aliphatic heterocycles. The van der Waals surface area contributed by atoms with Crippen LogP contribution in [0.2, 0.25) is 0 Å². The first kappa shape index (κ1) is 29.0. The maximum atomic E-state index is 14.2. The molecule has 45 heavy (non-hydrogen) atoms. The summed E-state index contributed by atoms with van der Waals surface area (Å²) in [5.41, 5.74) is 2.37. The number of nitrogens with zero attached hydrogens (tertiary/aromatic N) is 6. The average Bonchev–Trinajstić information content (AvgIpc) is 3.65. The van der Waals surface area contributed by atoms with Gasteiger partial charge in [-0.2, -0.15) is 5.10 Å². The van der Waals surface area contributed by atoms with Crippen molar-refractivity contribution in [2.24, 2.45) is 7.05 Å². The first-order valence-corrected chi connectivity index (χ1v) is 16.3. The fraction of sp³-hybridized carbons (Fsp3) is 0.333. The minimum absolute atomic E-state index is 0.0945. The molecule has 0 radical (unpaired) electrons. The number of carbonyl (C=O) groups excluding carboxylic acids is 2. The molecule has 1 saturated heterocycles. The average molecular weight is 627 g/mol. The van der Waals surface area contributed by atoms with Crippen molar-refractivity contribution in [3.05, 3.63) is 72.7 Å². The van der Waals surface area contributed by atoms with Gasteiger partial charge < -0.3 is 14.5 Å². The van der Waals surface area contributed by atoms with Gasteiger partial charge in [0, 0.05) is 55.3 Å². The van der Waals surface area contributed by atoms with E-state index in [-0.39, 0.29) is 16.4 Å². The van der Waals surface area contributed by atoms with E-state index in [1.807, 2.05) is 46.0 Å². The number of anilines is 1. The van der Waals surface area contributed by atoms with Crippen LogP contribution in [0.15, 0.2) is 72.0 Å². The number of likely N-dealkylation sites (tertiary alicyclic amines) is 1.